The molecule has 0 aliphatic carbocycles. The zero-order valence-electron chi connectivity index (χ0n) is 12.9. The number of benzene rings is 1. The van der Waals surface area contributed by atoms with E-state index in [0.29, 0.717) is 25.9 Å². The molecule has 0 spiro atoms. The zero-order valence-corrected chi connectivity index (χ0v) is 15.1. The van der Waals surface area contributed by atoms with E-state index in [9.17, 15) is 9.59 Å². The molecule has 0 aromatic heterocycles. The monoisotopic (exact) mass is 380 g/mol. The predicted molar refractivity (Wildman–Crippen MR) is 91.4 cm³/mol. The van der Waals surface area contributed by atoms with Gasteiger partial charge in [0.05, 0.1) is 21.7 Å². The van der Waals surface area contributed by atoms with E-state index in [0.717, 1.165) is 12.8 Å². The minimum atomic E-state index is -0.418. The zero-order chi connectivity index (χ0) is 17.2. The van der Waals surface area contributed by atoms with Crippen LogP contribution in [0.4, 0.5) is 0 Å². The first-order chi connectivity index (χ1) is 10.9. The molecule has 0 saturated heterocycles. The molecule has 0 saturated carbocycles. The summed E-state index contributed by atoms with van der Waals surface area (Å²) in [5.74, 6) is -0.407. The van der Waals surface area contributed by atoms with Crippen molar-refractivity contribution in [2.45, 2.75) is 45.4 Å². The predicted octanol–water partition coefficient (Wildman–Crippen LogP) is 5.46. The Labute approximate surface area is 151 Å². The van der Waals surface area contributed by atoms with Crippen LogP contribution in [0.1, 0.15) is 45.4 Å². The van der Waals surface area contributed by atoms with E-state index < -0.39 is 5.97 Å². The van der Waals surface area contributed by atoms with Crippen LogP contribution in [0.25, 0.3) is 0 Å². The molecule has 0 heterocycles. The molecule has 128 valence electrons. The van der Waals surface area contributed by atoms with E-state index in [1.807, 2.05) is 6.92 Å². The highest BCUT2D eigenvalue weighted by molar-refractivity contribution is 6.48. The SMILES string of the molecule is CCCCOC(=O)CCCCC(=O)Oc1cc(Cl)c(Cl)c(Cl)c1. The van der Waals surface area contributed by atoms with Gasteiger partial charge in [-0.25, -0.2) is 0 Å². The summed E-state index contributed by atoms with van der Waals surface area (Å²) in [5.41, 5.74) is 0. The summed E-state index contributed by atoms with van der Waals surface area (Å²) in [6.45, 7) is 2.48. The summed E-state index contributed by atoms with van der Waals surface area (Å²) < 4.78 is 10.2. The van der Waals surface area contributed by atoms with E-state index in [1.165, 1.54) is 12.1 Å². The van der Waals surface area contributed by atoms with Gasteiger partial charge < -0.3 is 9.47 Å². The molecule has 0 aliphatic rings. The summed E-state index contributed by atoms with van der Waals surface area (Å²) in [6.07, 6.45) is 3.46. The van der Waals surface area contributed by atoms with Crippen LogP contribution in [-0.4, -0.2) is 18.5 Å². The minimum Gasteiger partial charge on any atom is -0.466 e. The number of ether oxygens (including phenoxy) is 2. The summed E-state index contributed by atoms with van der Waals surface area (Å²) in [7, 11) is 0. The summed E-state index contributed by atoms with van der Waals surface area (Å²) >= 11 is 17.5. The third-order valence-corrected chi connectivity index (χ3v) is 4.16. The first kappa shape index (κ1) is 20.1. The molecule has 0 amide bonds. The summed E-state index contributed by atoms with van der Waals surface area (Å²) in [6, 6.07) is 2.86. The van der Waals surface area contributed by atoms with Gasteiger partial charge in [0.25, 0.3) is 0 Å². The van der Waals surface area contributed by atoms with Crippen molar-refractivity contribution < 1.29 is 19.1 Å². The number of halogens is 3. The number of unbranched alkanes of at least 4 members (excludes halogenated alkanes) is 2. The van der Waals surface area contributed by atoms with Crippen LogP contribution in [0, 0.1) is 0 Å². The minimum absolute atomic E-state index is 0.195. The Kier molecular flexibility index (Phi) is 9.37. The second-order valence-electron chi connectivity index (χ2n) is 4.96. The highest BCUT2D eigenvalue weighted by Crippen LogP contribution is 2.34. The van der Waals surface area contributed by atoms with Crippen molar-refractivity contribution in [2.24, 2.45) is 0 Å². The average molecular weight is 382 g/mol. The molecule has 0 radical (unpaired) electrons. The Balaban J connectivity index is 2.26. The lowest BCUT2D eigenvalue weighted by molar-refractivity contribution is -0.144. The fourth-order valence-electron chi connectivity index (χ4n) is 1.71. The van der Waals surface area contributed by atoms with Gasteiger partial charge in [0, 0.05) is 25.0 Å². The molecule has 1 rings (SSSR count). The van der Waals surface area contributed by atoms with E-state index >= 15 is 0 Å². The van der Waals surface area contributed by atoms with Gasteiger partial charge in [0.2, 0.25) is 0 Å². The molecule has 23 heavy (non-hydrogen) atoms. The molecule has 7 heteroatoms. The Hall–Kier alpha value is -0.970. The topological polar surface area (TPSA) is 52.6 Å². The van der Waals surface area contributed by atoms with Crippen LogP contribution in [0.15, 0.2) is 12.1 Å². The second-order valence-corrected chi connectivity index (χ2v) is 6.15. The normalized spacial score (nSPS) is 10.4. The fraction of sp³-hybridized carbons (Fsp3) is 0.500. The molecule has 1 aromatic rings. The van der Waals surface area contributed by atoms with Crippen LogP contribution in [0.3, 0.4) is 0 Å². The van der Waals surface area contributed by atoms with Crippen molar-refractivity contribution in [1.29, 1.82) is 0 Å². The van der Waals surface area contributed by atoms with Crippen LogP contribution < -0.4 is 4.74 Å². The van der Waals surface area contributed by atoms with E-state index in [4.69, 9.17) is 44.3 Å². The molecule has 1 aromatic carbocycles. The van der Waals surface area contributed by atoms with Crippen molar-refractivity contribution in [2.75, 3.05) is 6.61 Å². The Morgan fingerprint density at radius 3 is 2.09 bits per heavy atom. The Bertz CT molecular complexity index is 523. The largest absolute Gasteiger partial charge is 0.466 e. The quantitative estimate of drug-likeness (QED) is 0.247. The molecule has 0 bridgehead atoms. The smallest absolute Gasteiger partial charge is 0.311 e. The van der Waals surface area contributed by atoms with E-state index in [2.05, 4.69) is 0 Å². The number of carbonyl (C=O) groups excluding carboxylic acids is 2. The lowest BCUT2D eigenvalue weighted by Gasteiger charge is -2.07. The molecule has 0 N–H and O–H groups in total. The third kappa shape index (κ3) is 7.91. The summed E-state index contributed by atoms with van der Waals surface area (Å²) in [5, 5.41) is 0.656. The van der Waals surface area contributed by atoms with Crippen LogP contribution >= 0.6 is 34.8 Å². The van der Waals surface area contributed by atoms with Gasteiger partial charge in [0.1, 0.15) is 5.75 Å². The first-order valence-electron chi connectivity index (χ1n) is 7.45. The van der Waals surface area contributed by atoms with Gasteiger partial charge in [-0.1, -0.05) is 48.1 Å². The fourth-order valence-corrected chi connectivity index (χ4v) is 2.29. The maximum absolute atomic E-state index is 11.7. The highest BCUT2D eigenvalue weighted by Gasteiger charge is 2.11. The summed E-state index contributed by atoms with van der Waals surface area (Å²) in [4.78, 5) is 23.1. The average Bonchev–Trinajstić information content (AvgIpc) is 2.49. The third-order valence-electron chi connectivity index (χ3n) is 2.96. The lowest BCUT2D eigenvalue weighted by atomic mass is 10.2. The van der Waals surface area contributed by atoms with Gasteiger partial charge in [-0.05, 0) is 19.3 Å². The van der Waals surface area contributed by atoms with Crippen LogP contribution in [-0.2, 0) is 14.3 Å². The van der Waals surface area contributed by atoms with Gasteiger partial charge in [0.15, 0.2) is 0 Å². The van der Waals surface area contributed by atoms with E-state index in [-0.39, 0.29) is 33.2 Å². The second kappa shape index (κ2) is 10.7. The number of hydrogen-bond donors (Lipinski definition) is 0. The molecule has 0 unspecified atom stereocenters. The number of carbonyl (C=O) groups is 2. The molecule has 0 atom stereocenters. The van der Waals surface area contributed by atoms with E-state index in [1.54, 1.807) is 0 Å². The van der Waals surface area contributed by atoms with Crippen molar-refractivity contribution in [3.8, 4) is 5.75 Å². The van der Waals surface area contributed by atoms with Crippen molar-refractivity contribution in [3.63, 3.8) is 0 Å². The van der Waals surface area contributed by atoms with Gasteiger partial charge in [-0.2, -0.15) is 0 Å². The molecular weight excluding hydrogens is 363 g/mol. The standard InChI is InChI=1S/C16H19Cl3O4/c1-2-3-8-22-14(20)6-4-5-7-15(21)23-11-9-12(17)16(19)13(18)10-11/h9-10H,2-8H2,1H3. The molecular formula is C16H19Cl3O4. The maximum atomic E-state index is 11.7. The molecule has 4 nitrogen and oxygen atoms in total. The Morgan fingerprint density at radius 1 is 0.957 bits per heavy atom. The van der Waals surface area contributed by atoms with Gasteiger partial charge in [-0.15, -0.1) is 0 Å². The van der Waals surface area contributed by atoms with Crippen molar-refractivity contribution in [3.05, 3.63) is 27.2 Å². The Morgan fingerprint density at radius 2 is 1.52 bits per heavy atom. The van der Waals surface area contributed by atoms with Gasteiger partial charge in [-0.3, -0.25) is 9.59 Å². The van der Waals surface area contributed by atoms with Crippen molar-refractivity contribution in [1.82, 2.24) is 0 Å². The number of hydrogen-bond acceptors (Lipinski definition) is 4. The van der Waals surface area contributed by atoms with Crippen molar-refractivity contribution >= 4 is 46.7 Å². The first-order valence-corrected chi connectivity index (χ1v) is 8.58. The van der Waals surface area contributed by atoms with Crippen LogP contribution in [0.2, 0.25) is 15.1 Å². The number of esters is 2. The maximum Gasteiger partial charge on any atom is 0.311 e. The molecule has 0 aliphatic heterocycles. The van der Waals surface area contributed by atoms with Crippen LogP contribution in [0.5, 0.6) is 5.75 Å². The highest BCUT2D eigenvalue weighted by atomic mass is 35.5. The number of rotatable bonds is 9. The molecule has 0 fully saturated rings. The lowest BCUT2D eigenvalue weighted by Crippen LogP contribution is -2.09. The van der Waals surface area contributed by atoms with Gasteiger partial charge >= 0.3 is 11.9 Å².